The second-order valence-electron chi connectivity index (χ2n) is 6.28. The van der Waals surface area contributed by atoms with Gasteiger partial charge < -0.3 is 14.5 Å². The van der Waals surface area contributed by atoms with Crippen LogP contribution in [-0.4, -0.2) is 18.6 Å². The molecule has 1 aromatic heterocycles. The maximum atomic E-state index is 5.82. The summed E-state index contributed by atoms with van der Waals surface area (Å²) in [6, 6.07) is 4.15. The molecule has 4 heteroatoms. The molecule has 2 aromatic rings. The summed E-state index contributed by atoms with van der Waals surface area (Å²) in [5, 5.41) is 3.54. The summed E-state index contributed by atoms with van der Waals surface area (Å²) in [5.41, 5.74) is 2.84. The summed E-state index contributed by atoms with van der Waals surface area (Å²) >= 11 is 0. The van der Waals surface area contributed by atoms with Crippen molar-refractivity contribution >= 4 is 11.1 Å². The first kappa shape index (κ1) is 14.4. The number of ether oxygens (including phenoxy) is 1. The molecule has 0 unspecified atom stereocenters. The highest BCUT2D eigenvalue weighted by atomic mass is 16.5. The van der Waals surface area contributed by atoms with Crippen molar-refractivity contribution in [2.45, 2.75) is 45.6 Å². The van der Waals surface area contributed by atoms with Crippen LogP contribution >= 0.6 is 0 Å². The third-order valence-corrected chi connectivity index (χ3v) is 4.23. The summed E-state index contributed by atoms with van der Waals surface area (Å²) in [6.45, 7) is 6.12. The predicted octanol–water partition coefficient (Wildman–Crippen LogP) is 3.85. The van der Waals surface area contributed by atoms with Crippen LogP contribution in [0.1, 0.15) is 50.5 Å². The number of fused-ring (bicyclic) bond motifs is 1. The molecule has 0 amide bonds. The van der Waals surface area contributed by atoms with Gasteiger partial charge in [-0.1, -0.05) is 20.3 Å². The third-order valence-electron chi connectivity index (χ3n) is 4.23. The average Bonchev–Trinajstić information content (AvgIpc) is 2.84. The number of oxazole rings is 1. The topological polar surface area (TPSA) is 47.3 Å². The van der Waals surface area contributed by atoms with Crippen LogP contribution in [0.2, 0.25) is 0 Å². The van der Waals surface area contributed by atoms with E-state index >= 15 is 0 Å². The molecule has 1 saturated carbocycles. The Morgan fingerprint density at radius 3 is 2.81 bits per heavy atom. The van der Waals surface area contributed by atoms with E-state index in [-0.39, 0.29) is 5.92 Å². The number of methoxy groups -OCH3 is 1. The molecule has 0 radical (unpaired) electrons. The highest BCUT2D eigenvalue weighted by Crippen LogP contribution is 2.30. The van der Waals surface area contributed by atoms with Gasteiger partial charge in [0.1, 0.15) is 5.52 Å². The summed E-state index contributed by atoms with van der Waals surface area (Å²) < 4.78 is 11.3. The van der Waals surface area contributed by atoms with Gasteiger partial charge in [0.05, 0.1) is 7.11 Å². The maximum Gasteiger partial charge on any atom is 0.198 e. The molecule has 0 spiro atoms. The lowest BCUT2D eigenvalue weighted by Crippen LogP contribution is -2.26. The summed E-state index contributed by atoms with van der Waals surface area (Å²) in [6.07, 6.45) is 4.13. The fourth-order valence-electron chi connectivity index (χ4n) is 2.69. The first-order valence-corrected chi connectivity index (χ1v) is 7.85. The van der Waals surface area contributed by atoms with Crippen molar-refractivity contribution in [3.8, 4) is 5.75 Å². The van der Waals surface area contributed by atoms with Crippen molar-refractivity contribution in [2.75, 3.05) is 13.7 Å². The molecule has 114 valence electrons. The highest BCUT2D eigenvalue weighted by Gasteiger charge is 2.17. The molecule has 0 bridgehead atoms. The smallest absolute Gasteiger partial charge is 0.198 e. The molecule has 1 aliphatic rings. The van der Waals surface area contributed by atoms with E-state index in [1.807, 2.05) is 6.07 Å². The quantitative estimate of drug-likeness (QED) is 0.877. The van der Waals surface area contributed by atoms with E-state index in [1.54, 1.807) is 7.11 Å². The molecule has 1 N–H and O–H groups in total. The van der Waals surface area contributed by atoms with Crippen molar-refractivity contribution in [1.82, 2.24) is 10.3 Å². The Hall–Kier alpha value is -1.55. The molecule has 0 atom stereocenters. The van der Waals surface area contributed by atoms with Crippen LogP contribution in [-0.2, 0) is 6.54 Å². The molecule has 21 heavy (non-hydrogen) atoms. The standard InChI is InChI=1S/C17H24N2O2/c1-11(2)17-19-14-7-13(8-15(20-3)16(14)21-17)10-18-9-12-5-4-6-12/h7-8,11-12,18H,4-6,9-10H2,1-3H3. The Kier molecular flexibility index (Phi) is 4.15. The Morgan fingerprint density at radius 2 is 2.19 bits per heavy atom. The molecule has 1 heterocycles. The predicted molar refractivity (Wildman–Crippen MR) is 83.7 cm³/mol. The zero-order valence-corrected chi connectivity index (χ0v) is 13.1. The number of rotatable bonds is 6. The minimum Gasteiger partial charge on any atom is -0.493 e. The maximum absolute atomic E-state index is 5.82. The Labute approximate surface area is 125 Å². The fourth-order valence-corrected chi connectivity index (χ4v) is 2.69. The third kappa shape index (κ3) is 3.05. The second-order valence-corrected chi connectivity index (χ2v) is 6.28. The number of aromatic nitrogens is 1. The van der Waals surface area contributed by atoms with Crippen LogP contribution in [0.5, 0.6) is 5.75 Å². The molecule has 4 nitrogen and oxygen atoms in total. The van der Waals surface area contributed by atoms with E-state index in [2.05, 4.69) is 30.2 Å². The fraction of sp³-hybridized carbons (Fsp3) is 0.588. The molecule has 1 aliphatic carbocycles. The lowest BCUT2D eigenvalue weighted by molar-refractivity contribution is 0.301. The van der Waals surface area contributed by atoms with Gasteiger partial charge in [-0.15, -0.1) is 0 Å². The van der Waals surface area contributed by atoms with Crippen molar-refractivity contribution in [3.05, 3.63) is 23.6 Å². The van der Waals surface area contributed by atoms with Gasteiger partial charge in [0.25, 0.3) is 0 Å². The van der Waals surface area contributed by atoms with Crippen molar-refractivity contribution in [2.24, 2.45) is 5.92 Å². The Balaban J connectivity index is 1.78. The van der Waals surface area contributed by atoms with Crippen LogP contribution in [0.25, 0.3) is 11.1 Å². The normalized spacial score (nSPS) is 15.6. The summed E-state index contributed by atoms with van der Waals surface area (Å²) in [7, 11) is 1.68. The van der Waals surface area contributed by atoms with Gasteiger partial charge in [-0.3, -0.25) is 0 Å². The Morgan fingerprint density at radius 1 is 1.38 bits per heavy atom. The molecule has 1 fully saturated rings. The molecule has 0 saturated heterocycles. The Bertz CT molecular complexity index is 615. The number of benzene rings is 1. The van der Waals surface area contributed by atoms with Crippen LogP contribution in [0.15, 0.2) is 16.5 Å². The lowest BCUT2D eigenvalue weighted by atomic mass is 9.85. The van der Waals surface area contributed by atoms with Crippen LogP contribution in [0, 0.1) is 5.92 Å². The van der Waals surface area contributed by atoms with Crippen molar-refractivity contribution in [3.63, 3.8) is 0 Å². The van der Waals surface area contributed by atoms with Crippen molar-refractivity contribution in [1.29, 1.82) is 0 Å². The van der Waals surface area contributed by atoms with E-state index in [0.717, 1.165) is 41.7 Å². The number of hydrogen-bond donors (Lipinski definition) is 1. The van der Waals surface area contributed by atoms with Crippen LogP contribution < -0.4 is 10.1 Å². The minimum absolute atomic E-state index is 0.280. The first-order chi connectivity index (χ1) is 10.2. The molecular weight excluding hydrogens is 264 g/mol. The monoisotopic (exact) mass is 288 g/mol. The van der Waals surface area contributed by atoms with Gasteiger partial charge in [-0.25, -0.2) is 4.98 Å². The van der Waals surface area contributed by atoms with Gasteiger partial charge in [0, 0.05) is 12.5 Å². The molecular formula is C17H24N2O2. The van der Waals surface area contributed by atoms with Crippen molar-refractivity contribution < 1.29 is 9.15 Å². The zero-order valence-electron chi connectivity index (χ0n) is 13.1. The zero-order chi connectivity index (χ0) is 14.8. The van der Waals surface area contributed by atoms with Gasteiger partial charge in [0.15, 0.2) is 17.2 Å². The van der Waals surface area contributed by atoms with Crippen LogP contribution in [0.4, 0.5) is 0 Å². The van der Waals surface area contributed by atoms with E-state index in [1.165, 1.54) is 24.8 Å². The average molecular weight is 288 g/mol. The first-order valence-electron chi connectivity index (χ1n) is 7.85. The molecule has 1 aromatic carbocycles. The summed E-state index contributed by atoms with van der Waals surface area (Å²) in [5.74, 6) is 2.69. The highest BCUT2D eigenvalue weighted by molar-refractivity contribution is 5.80. The summed E-state index contributed by atoms with van der Waals surface area (Å²) in [4.78, 5) is 4.58. The lowest BCUT2D eigenvalue weighted by Gasteiger charge is -2.25. The van der Waals surface area contributed by atoms with E-state index in [9.17, 15) is 0 Å². The largest absolute Gasteiger partial charge is 0.493 e. The number of nitrogens with zero attached hydrogens (tertiary/aromatic N) is 1. The van der Waals surface area contributed by atoms with E-state index < -0.39 is 0 Å². The molecule has 0 aliphatic heterocycles. The van der Waals surface area contributed by atoms with Gasteiger partial charge in [-0.2, -0.15) is 0 Å². The minimum atomic E-state index is 0.280. The van der Waals surface area contributed by atoms with E-state index in [0.29, 0.717) is 0 Å². The van der Waals surface area contributed by atoms with E-state index in [4.69, 9.17) is 9.15 Å². The number of hydrogen-bond acceptors (Lipinski definition) is 4. The SMILES string of the molecule is COc1cc(CNCC2CCC2)cc2nc(C(C)C)oc12. The van der Waals surface area contributed by atoms with Crippen LogP contribution in [0.3, 0.4) is 0 Å². The number of nitrogens with one attached hydrogen (secondary N) is 1. The van der Waals surface area contributed by atoms with Gasteiger partial charge >= 0.3 is 0 Å². The molecule has 3 rings (SSSR count). The second kappa shape index (κ2) is 6.06. The van der Waals surface area contributed by atoms with Gasteiger partial charge in [0.2, 0.25) is 0 Å². The van der Waals surface area contributed by atoms with Gasteiger partial charge in [-0.05, 0) is 43.0 Å².